The first-order valence-electron chi connectivity index (χ1n) is 7.21. The van der Waals surface area contributed by atoms with Crippen molar-refractivity contribution in [2.75, 3.05) is 6.61 Å². The molecule has 1 aromatic rings. The summed E-state index contributed by atoms with van der Waals surface area (Å²) in [7, 11) is 0. The summed E-state index contributed by atoms with van der Waals surface area (Å²) in [5, 5.41) is 10.6. The second-order valence-corrected chi connectivity index (χ2v) is 6.31. The van der Waals surface area contributed by atoms with Gasteiger partial charge >= 0.3 is 12.1 Å². The van der Waals surface area contributed by atoms with Crippen LogP contribution in [0.5, 0.6) is 5.75 Å². The molecule has 24 heavy (non-hydrogen) atoms. The molecule has 1 rings (SSSR count). The van der Waals surface area contributed by atoms with E-state index >= 15 is 0 Å². The van der Waals surface area contributed by atoms with Crippen molar-refractivity contribution in [3.05, 3.63) is 29.8 Å². The molecule has 8 heteroatoms. The van der Waals surface area contributed by atoms with Gasteiger partial charge in [0, 0.05) is 0 Å². The van der Waals surface area contributed by atoms with Gasteiger partial charge in [-0.25, -0.2) is 4.79 Å². The average Bonchev–Trinajstić information content (AvgIpc) is 2.42. The molecule has 1 atom stereocenters. The number of carboxylic acid groups (broad SMARTS) is 1. The fourth-order valence-electron chi connectivity index (χ4n) is 2.02. The maximum atomic E-state index is 12.3. The summed E-state index contributed by atoms with van der Waals surface area (Å²) in [5.41, 5.74) is 0.565. The van der Waals surface area contributed by atoms with Crippen molar-refractivity contribution in [3.63, 3.8) is 0 Å². The minimum Gasteiger partial charge on any atom is -0.483 e. The van der Waals surface area contributed by atoms with Crippen molar-refractivity contribution >= 4 is 11.9 Å². The van der Waals surface area contributed by atoms with Crippen LogP contribution < -0.4 is 10.1 Å². The van der Waals surface area contributed by atoms with Crippen molar-refractivity contribution in [2.45, 2.75) is 44.8 Å². The molecule has 1 amide bonds. The predicted molar refractivity (Wildman–Crippen MR) is 80.9 cm³/mol. The van der Waals surface area contributed by atoms with E-state index in [2.05, 4.69) is 0 Å². The normalized spacial score (nSPS) is 13.2. The Bertz CT molecular complexity index is 594. The molecule has 0 saturated carbocycles. The smallest absolute Gasteiger partial charge is 0.391 e. The van der Waals surface area contributed by atoms with Crippen LogP contribution in [0, 0.1) is 0 Å². The molecule has 0 saturated heterocycles. The van der Waals surface area contributed by atoms with E-state index in [1.165, 1.54) is 0 Å². The first-order chi connectivity index (χ1) is 10.9. The van der Waals surface area contributed by atoms with Gasteiger partial charge in [0.25, 0.3) is 5.91 Å². The average molecular weight is 347 g/mol. The molecule has 1 unspecified atom stereocenters. The molecule has 0 fully saturated rings. The van der Waals surface area contributed by atoms with E-state index < -0.39 is 37.1 Å². The summed E-state index contributed by atoms with van der Waals surface area (Å²) >= 11 is 0. The molecule has 0 heterocycles. The number of hydrogen-bond donors (Lipinski definition) is 2. The Hall–Kier alpha value is -2.25. The number of carboxylic acids is 1. The van der Waals surface area contributed by atoms with Crippen LogP contribution in [-0.4, -0.2) is 35.8 Å². The third-order valence-electron chi connectivity index (χ3n) is 3.12. The van der Waals surface area contributed by atoms with Crippen LogP contribution in [0.2, 0.25) is 0 Å². The molecule has 0 bridgehead atoms. The summed E-state index contributed by atoms with van der Waals surface area (Å²) in [4.78, 5) is 22.5. The molecule has 0 radical (unpaired) electrons. The Morgan fingerprint density at radius 3 is 2.29 bits per heavy atom. The summed E-state index contributed by atoms with van der Waals surface area (Å²) in [6.07, 6.45) is -6.34. The summed E-state index contributed by atoms with van der Waals surface area (Å²) in [6.45, 7) is 5.26. The van der Waals surface area contributed by atoms with E-state index in [9.17, 15) is 22.8 Å². The highest BCUT2D eigenvalue weighted by Crippen LogP contribution is 2.30. The third-order valence-corrected chi connectivity index (χ3v) is 3.12. The number of rotatable bonds is 6. The number of benzene rings is 1. The van der Waals surface area contributed by atoms with Crippen molar-refractivity contribution in [1.82, 2.24) is 5.32 Å². The maximum Gasteiger partial charge on any atom is 0.391 e. The van der Waals surface area contributed by atoms with Crippen LogP contribution in [0.1, 0.15) is 32.8 Å². The van der Waals surface area contributed by atoms with Crippen LogP contribution in [0.3, 0.4) is 0 Å². The van der Waals surface area contributed by atoms with Crippen LogP contribution in [0.4, 0.5) is 13.2 Å². The molecule has 0 spiro atoms. The number of nitrogens with one attached hydrogen (secondary N) is 1. The van der Waals surface area contributed by atoms with Gasteiger partial charge < -0.3 is 15.2 Å². The Labute approximate surface area is 137 Å². The van der Waals surface area contributed by atoms with E-state index in [1.807, 2.05) is 32.2 Å². The zero-order chi connectivity index (χ0) is 18.5. The van der Waals surface area contributed by atoms with Gasteiger partial charge in [0.15, 0.2) is 6.61 Å². The van der Waals surface area contributed by atoms with Crippen LogP contribution in [0.25, 0.3) is 0 Å². The van der Waals surface area contributed by atoms with Gasteiger partial charge in [-0.2, -0.15) is 13.2 Å². The SMILES string of the molecule is CC(C)(C)c1ccccc1OCC(=O)NC(CC(F)(F)F)C(=O)O. The molecule has 0 aliphatic heterocycles. The van der Waals surface area contributed by atoms with E-state index in [4.69, 9.17) is 9.84 Å². The van der Waals surface area contributed by atoms with E-state index in [1.54, 1.807) is 18.2 Å². The fourth-order valence-corrected chi connectivity index (χ4v) is 2.02. The van der Waals surface area contributed by atoms with Gasteiger partial charge in [0.1, 0.15) is 11.8 Å². The zero-order valence-electron chi connectivity index (χ0n) is 13.6. The number of carbonyl (C=O) groups is 2. The number of aliphatic carboxylic acids is 1. The molecule has 134 valence electrons. The highest BCUT2D eigenvalue weighted by molar-refractivity contribution is 5.84. The molecular weight excluding hydrogens is 327 g/mol. The summed E-state index contributed by atoms with van der Waals surface area (Å²) < 4.78 is 42.3. The van der Waals surface area contributed by atoms with E-state index in [-0.39, 0.29) is 5.41 Å². The second kappa shape index (κ2) is 7.55. The monoisotopic (exact) mass is 347 g/mol. The number of halogens is 3. The summed E-state index contributed by atoms with van der Waals surface area (Å²) in [5.74, 6) is -2.27. The Balaban J connectivity index is 2.71. The topological polar surface area (TPSA) is 75.6 Å². The molecular formula is C16H20F3NO4. The number of amides is 1. The predicted octanol–water partition coefficient (Wildman–Crippen LogP) is 2.88. The zero-order valence-corrected chi connectivity index (χ0v) is 13.6. The molecule has 5 nitrogen and oxygen atoms in total. The van der Waals surface area contributed by atoms with Gasteiger partial charge in [0.05, 0.1) is 6.42 Å². The number of alkyl halides is 3. The lowest BCUT2D eigenvalue weighted by atomic mass is 9.86. The lowest BCUT2D eigenvalue weighted by molar-refractivity contribution is -0.160. The van der Waals surface area contributed by atoms with Gasteiger partial charge in [-0.15, -0.1) is 0 Å². The van der Waals surface area contributed by atoms with Gasteiger partial charge in [-0.1, -0.05) is 39.0 Å². The second-order valence-electron chi connectivity index (χ2n) is 6.31. The van der Waals surface area contributed by atoms with E-state index in [0.29, 0.717) is 5.75 Å². The van der Waals surface area contributed by atoms with Crippen LogP contribution in [-0.2, 0) is 15.0 Å². The van der Waals surface area contributed by atoms with Crippen molar-refractivity contribution in [2.24, 2.45) is 0 Å². The lowest BCUT2D eigenvalue weighted by Gasteiger charge is -2.23. The van der Waals surface area contributed by atoms with Gasteiger partial charge in [0.2, 0.25) is 0 Å². The first kappa shape index (κ1) is 19.8. The highest BCUT2D eigenvalue weighted by atomic mass is 19.4. The molecule has 1 aromatic carbocycles. The lowest BCUT2D eigenvalue weighted by Crippen LogP contribution is -2.45. The van der Waals surface area contributed by atoms with Crippen molar-refractivity contribution in [3.8, 4) is 5.75 Å². The Kier molecular flexibility index (Phi) is 6.22. The first-order valence-corrected chi connectivity index (χ1v) is 7.21. The Morgan fingerprint density at radius 2 is 1.79 bits per heavy atom. The number of para-hydroxylation sites is 1. The van der Waals surface area contributed by atoms with Crippen LogP contribution in [0.15, 0.2) is 24.3 Å². The fraction of sp³-hybridized carbons (Fsp3) is 0.500. The maximum absolute atomic E-state index is 12.3. The van der Waals surface area contributed by atoms with Crippen LogP contribution >= 0.6 is 0 Å². The Morgan fingerprint density at radius 1 is 1.21 bits per heavy atom. The van der Waals surface area contributed by atoms with Crippen molar-refractivity contribution in [1.29, 1.82) is 0 Å². The standard InChI is InChI=1S/C16H20F3NO4/c1-15(2,3)10-6-4-5-7-12(10)24-9-13(21)20-11(14(22)23)8-16(17,18)19/h4-7,11H,8-9H2,1-3H3,(H,20,21)(H,22,23). The summed E-state index contributed by atoms with van der Waals surface area (Å²) in [6, 6.07) is 4.91. The third kappa shape index (κ3) is 6.47. The van der Waals surface area contributed by atoms with E-state index in [0.717, 1.165) is 5.56 Å². The molecule has 0 aromatic heterocycles. The highest BCUT2D eigenvalue weighted by Gasteiger charge is 2.36. The minimum absolute atomic E-state index is 0.257. The largest absolute Gasteiger partial charge is 0.483 e. The van der Waals surface area contributed by atoms with Gasteiger partial charge in [-0.05, 0) is 17.0 Å². The quantitative estimate of drug-likeness (QED) is 0.830. The molecule has 0 aliphatic rings. The van der Waals surface area contributed by atoms with Gasteiger partial charge in [-0.3, -0.25) is 4.79 Å². The minimum atomic E-state index is -4.70. The number of ether oxygens (including phenoxy) is 1. The number of carbonyl (C=O) groups excluding carboxylic acids is 1. The molecule has 2 N–H and O–H groups in total. The van der Waals surface area contributed by atoms with Crippen molar-refractivity contribution < 1.29 is 32.6 Å². The number of hydrogen-bond acceptors (Lipinski definition) is 3. The molecule has 0 aliphatic carbocycles.